The second-order valence-corrected chi connectivity index (χ2v) is 32.5. The van der Waals surface area contributed by atoms with Crippen LogP contribution in [0.5, 0.6) is 0 Å². The van der Waals surface area contributed by atoms with E-state index in [1.54, 1.807) is 0 Å². The zero-order valence-electron chi connectivity index (χ0n) is 49.6. The van der Waals surface area contributed by atoms with E-state index in [0.717, 1.165) is 36.5 Å². The van der Waals surface area contributed by atoms with E-state index in [2.05, 4.69) is 85.1 Å². The number of hydrogen-bond donors (Lipinski definition) is 16. The van der Waals surface area contributed by atoms with E-state index in [0.29, 0.717) is 157 Å². The normalized spacial score (nSPS) is 56.9. The predicted octanol–water partition coefficient (Wildman–Crippen LogP) is 3.28. The van der Waals surface area contributed by atoms with Crippen LogP contribution in [-0.2, 0) is 0 Å². The Morgan fingerprint density at radius 3 is 0.464 bits per heavy atom. The van der Waals surface area contributed by atoms with Crippen molar-refractivity contribution in [2.45, 2.75) is 302 Å². The second kappa shape index (κ2) is 26.3. The molecule has 0 aromatic rings. The summed E-state index contributed by atoms with van der Waals surface area (Å²) in [6, 6.07) is 0. The van der Waals surface area contributed by atoms with Gasteiger partial charge in [-0.15, -0.1) is 23.2 Å². The molecule has 0 aromatic carbocycles. The standard InChI is InChI=1S/2C32H55ClN8.Ga.In.6H/c2*33-23-15-7-14-22-24(23)32-40-30-21-13-6-5-12-20(21)28(38-30)36-26-17-9-2-1-8-16(17)25(34-26)35-27-18-10-3-4-11-19(18)29(37-27)39-31(22)41-32;;;;;;;;/h2*16-32,34-41H,1-15H2;;;;;;;;. The van der Waals surface area contributed by atoms with Gasteiger partial charge in [0.2, 0.25) is 0 Å². The van der Waals surface area contributed by atoms with Gasteiger partial charge in [0.05, 0.1) is 98.7 Å². The Morgan fingerprint density at radius 2 is 0.298 bits per heavy atom. The van der Waals surface area contributed by atoms with E-state index in [1.165, 1.54) is 180 Å². The molecule has 10 saturated heterocycles. The maximum absolute atomic E-state index is 7.19. The Balaban J connectivity index is 0.000000140. The van der Waals surface area contributed by atoms with Gasteiger partial charge in [0.1, 0.15) is 0 Å². The molecule has 0 spiro atoms. The Bertz CT molecular complexity index is 2070. The molecule has 16 nitrogen and oxygen atoms in total. The topological polar surface area (TPSA) is 192 Å². The molecule has 10 heterocycles. The average molecular weight is 1370 g/mol. The first-order valence-electron chi connectivity index (χ1n) is 35.9. The third kappa shape index (κ3) is 11.4. The molecular weight excluding hydrogens is 1250 g/mol. The van der Waals surface area contributed by atoms with Crippen LogP contribution in [0, 0.1) is 94.7 Å². The first kappa shape index (κ1) is 61.6. The van der Waals surface area contributed by atoms with Crippen molar-refractivity contribution < 1.29 is 0 Å². The van der Waals surface area contributed by atoms with Crippen molar-refractivity contribution in [3.63, 3.8) is 0 Å². The van der Waals surface area contributed by atoms with Gasteiger partial charge in [-0.05, 0) is 186 Å². The van der Waals surface area contributed by atoms with Crippen LogP contribution >= 0.6 is 23.2 Å². The molecule has 16 bridgehead atoms. The van der Waals surface area contributed by atoms with Crippen LogP contribution in [-0.4, -0.2) is 155 Å². The monoisotopic (exact) mass is 1360 g/mol. The molecule has 0 aromatic heterocycles. The van der Waals surface area contributed by atoms with E-state index in [4.69, 9.17) is 23.2 Å². The SMILES string of the molecule is ClC1CCCC2C3NC4NC(NC5NC(NC6NC(NC(N3)C12)C1CCCCC61)C1CCCCC51)C1CCCCC41.ClC1CCCC2C3NC4NC(NC5NC(NC6NC(NC(N3)C12)C1CCCCC61)C1CCCCC51)C1CCCCC41.[GaH3].[InH3]. The van der Waals surface area contributed by atoms with Crippen LogP contribution in [0.15, 0.2) is 0 Å². The van der Waals surface area contributed by atoms with Gasteiger partial charge in [0.15, 0.2) is 0 Å². The Hall–Kier alpha value is 1.45. The molecule has 20 heteroatoms. The van der Waals surface area contributed by atoms with E-state index >= 15 is 0 Å². The van der Waals surface area contributed by atoms with Gasteiger partial charge >= 0.3 is 45.6 Å². The van der Waals surface area contributed by atoms with Gasteiger partial charge < -0.3 is 0 Å². The zero-order chi connectivity index (χ0) is 54.2. The summed E-state index contributed by atoms with van der Waals surface area (Å²) in [6.45, 7) is 0. The third-order valence-electron chi connectivity index (χ3n) is 27.6. The molecule has 34 atom stereocenters. The van der Waals surface area contributed by atoms with E-state index in [1.807, 2.05) is 0 Å². The van der Waals surface area contributed by atoms with Gasteiger partial charge in [-0.3, -0.25) is 85.1 Å². The Kier molecular flexibility index (Phi) is 19.3. The maximum atomic E-state index is 7.19. The average Bonchev–Trinajstić information content (AvgIpc) is 3.12. The van der Waals surface area contributed by atoms with Crippen LogP contribution in [0.25, 0.3) is 0 Å². The number of hydrogen-bond acceptors (Lipinski definition) is 16. The molecule has 10 aliphatic heterocycles. The molecule has 18 fully saturated rings. The van der Waals surface area contributed by atoms with Crippen LogP contribution in [0.2, 0.25) is 0 Å². The van der Waals surface area contributed by atoms with Gasteiger partial charge in [0.25, 0.3) is 0 Å². The van der Waals surface area contributed by atoms with Crippen LogP contribution in [0.1, 0.15) is 193 Å². The van der Waals surface area contributed by atoms with Crippen molar-refractivity contribution in [1.29, 1.82) is 0 Å². The Morgan fingerprint density at radius 1 is 0.167 bits per heavy atom. The van der Waals surface area contributed by atoms with Crippen LogP contribution < -0.4 is 85.1 Å². The molecule has 18 aliphatic rings. The summed E-state index contributed by atoms with van der Waals surface area (Å²) in [5.74, 6) is 10.7. The third-order valence-corrected chi connectivity index (χ3v) is 28.6. The number of nitrogens with one attached hydrogen (secondary N) is 16. The molecule has 0 radical (unpaired) electrons. The summed E-state index contributed by atoms with van der Waals surface area (Å²) in [7, 11) is 0. The molecular formula is C64H116Cl2GaInN16. The molecule has 8 aliphatic carbocycles. The summed E-state index contributed by atoms with van der Waals surface area (Å²) >= 11 is 14.4. The van der Waals surface area contributed by atoms with Gasteiger partial charge in [-0.1, -0.05) is 89.9 Å². The number of fused-ring (bicyclic) bond motifs is 40. The summed E-state index contributed by atoms with van der Waals surface area (Å²) in [4.78, 5) is 0. The predicted molar refractivity (Wildman–Crippen MR) is 344 cm³/mol. The molecule has 18 rings (SSSR count). The molecule has 34 unspecified atom stereocenters. The molecule has 84 heavy (non-hydrogen) atoms. The van der Waals surface area contributed by atoms with Gasteiger partial charge in [-0.2, -0.15) is 0 Å². The molecule has 472 valence electrons. The summed E-state index contributed by atoms with van der Waals surface area (Å²) in [6.07, 6.45) is 45.9. The van der Waals surface area contributed by atoms with Crippen LogP contribution in [0.4, 0.5) is 0 Å². The van der Waals surface area contributed by atoms with Crippen molar-refractivity contribution >= 4 is 68.8 Å². The van der Waals surface area contributed by atoms with Crippen molar-refractivity contribution in [2.24, 2.45) is 94.7 Å². The summed E-state index contributed by atoms with van der Waals surface area (Å²) < 4.78 is 0. The first-order chi connectivity index (χ1) is 40.4. The fourth-order valence-electron chi connectivity index (χ4n) is 24.0. The van der Waals surface area contributed by atoms with Gasteiger partial charge in [0, 0.05) is 22.6 Å². The number of alkyl halides is 2. The van der Waals surface area contributed by atoms with E-state index in [-0.39, 0.29) is 68.7 Å². The molecule has 0 amide bonds. The quantitative estimate of drug-likeness (QED) is 0.125. The molecule has 8 saturated carbocycles. The van der Waals surface area contributed by atoms with Crippen LogP contribution in [0.3, 0.4) is 0 Å². The van der Waals surface area contributed by atoms with E-state index < -0.39 is 0 Å². The first-order valence-corrected chi connectivity index (χ1v) is 36.7. The van der Waals surface area contributed by atoms with E-state index in [9.17, 15) is 0 Å². The van der Waals surface area contributed by atoms with Crippen molar-refractivity contribution in [3.8, 4) is 0 Å². The van der Waals surface area contributed by atoms with Gasteiger partial charge in [-0.25, -0.2) is 0 Å². The minimum atomic E-state index is 0. The fraction of sp³-hybridized carbons (Fsp3) is 1.00. The molecule has 16 N–H and O–H groups in total. The number of halogens is 2. The second-order valence-electron chi connectivity index (χ2n) is 31.4. The van der Waals surface area contributed by atoms with Crippen molar-refractivity contribution in [3.05, 3.63) is 0 Å². The zero-order valence-corrected chi connectivity index (χ0v) is 51.1. The summed E-state index contributed by atoms with van der Waals surface area (Å²) in [5, 5.41) is 67.6. The minimum absolute atomic E-state index is 0. The summed E-state index contributed by atoms with van der Waals surface area (Å²) in [5.41, 5.74) is 0. The Labute approximate surface area is 546 Å². The number of rotatable bonds is 0. The van der Waals surface area contributed by atoms with Crippen molar-refractivity contribution in [1.82, 2.24) is 85.1 Å². The fourth-order valence-corrected chi connectivity index (χ4v) is 24.9. The van der Waals surface area contributed by atoms with Crippen molar-refractivity contribution in [2.75, 3.05) is 0 Å².